The van der Waals surface area contributed by atoms with Crippen molar-refractivity contribution in [2.75, 3.05) is 0 Å². The van der Waals surface area contributed by atoms with Crippen LogP contribution in [0.25, 0.3) is 65.7 Å². The number of amidine groups is 1. The Morgan fingerprint density at radius 3 is 1.86 bits per heavy atom. The lowest BCUT2D eigenvalue weighted by molar-refractivity contribution is 0.532. The largest absolute Gasteiger partial charge is 0.456 e. The molecule has 2 unspecified atom stereocenters. The van der Waals surface area contributed by atoms with Crippen molar-refractivity contribution >= 4 is 55.0 Å². The van der Waals surface area contributed by atoms with Gasteiger partial charge in [0.15, 0.2) is 5.84 Å². The molecule has 1 aliphatic rings. The van der Waals surface area contributed by atoms with Crippen molar-refractivity contribution in [1.82, 2.24) is 0 Å². The molecule has 0 radical (unpaired) electrons. The standard InChI is InChI=1S/C48H34N2O/c1-2-36-46(30-14-5-3-6-15-30)49-48(31-16-7-4-8-17-31)50-47(36)35-21-12-19-33(29-35)32-18-11-20-34(28-32)37-26-27-42-45-43(37)39-23-10-9-22-38(39)40-24-13-25-41(51-42)44(40)45/h3-29,36,46H,2H2,1H3. The van der Waals surface area contributed by atoms with E-state index in [-0.39, 0.29) is 12.0 Å². The van der Waals surface area contributed by atoms with Gasteiger partial charge in [-0.2, -0.15) is 0 Å². The van der Waals surface area contributed by atoms with Gasteiger partial charge in [-0.1, -0.05) is 146 Å². The normalized spacial score (nSPS) is 16.3. The van der Waals surface area contributed by atoms with Gasteiger partial charge in [-0.3, -0.25) is 4.99 Å². The van der Waals surface area contributed by atoms with Crippen LogP contribution in [-0.2, 0) is 0 Å². The predicted molar refractivity (Wildman–Crippen MR) is 213 cm³/mol. The predicted octanol–water partition coefficient (Wildman–Crippen LogP) is 12.7. The quantitative estimate of drug-likeness (QED) is 0.164. The Kier molecular flexibility index (Phi) is 6.92. The summed E-state index contributed by atoms with van der Waals surface area (Å²) in [6.07, 6.45) is 0.931. The highest BCUT2D eigenvalue weighted by Crippen LogP contribution is 2.46. The Balaban J connectivity index is 1.11. The van der Waals surface area contributed by atoms with Crippen molar-refractivity contribution in [2.45, 2.75) is 19.4 Å². The van der Waals surface area contributed by atoms with Crippen LogP contribution in [0.15, 0.2) is 178 Å². The van der Waals surface area contributed by atoms with Crippen LogP contribution in [0.2, 0.25) is 0 Å². The summed E-state index contributed by atoms with van der Waals surface area (Å²) in [5, 5.41) is 7.39. The molecular formula is C48H34N2O. The van der Waals surface area contributed by atoms with Gasteiger partial charge in [0.2, 0.25) is 0 Å². The van der Waals surface area contributed by atoms with E-state index in [1.54, 1.807) is 0 Å². The van der Waals surface area contributed by atoms with E-state index in [2.05, 4.69) is 165 Å². The second kappa shape index (κ2) is 11.9. The van der Waals surface area contributed by atoms with E-state index in [0.29, 0.717) is 0 Å². The summed E-state index contributed by atoms with van der Waals surface area (Å²) in [5.41, 5.74) is 11.1. The molecule has 2 atom stereocenters. The van der Waals surface area contributed by atoms with E-state index < -0.39 is 0 Å². The molecule has 0 saturated heterocycles. The van der Waals surface area contributed by atoms with E-state index in [4.69, 9.17) is 14.4 Å². The summed E-state index contributed by atoms with van der Waals surface area (Å²) in [6.45, 7) is 2.25. The average Bonchev–Trinajstić information content (AvgIpc) is 3.60. The number of hydrogen-bond acceptors (Lipinski definition) is 3. The minimum Gasteiger partial charge on any atom is -0.456 e. The molecule has 51 heavy (non-hydrogen) atoms. The molecule has 0 N–H and O–H groups in total. The fourth-order valence-electron chi connectivity index (χ4n) is 8.29. The second-order valence-electron chi connectivity index (χ2n) is 13.5. The molecule has 0 bridgehead atoms. The van der Waals surface area contributed by atoms with Gasteiger partial charge >= 0.3 is 0 Å². The summed E-state index contributed by atoms with van der Waals surface area (Å²) in [6, 6.07) is 58.4. The minimum absolute atomic E-state index is 0.0137. The zero-order valence-electron chi connectivity index (χ0n) is 28.3. The van der Waals surface area contributed by atoms with Crippen LogP contribution in [0.4, 0.5) is 0 Å². The molecule has 10 rings (SSSR count). The Bertz CT molecular complexity index is 2790. The first kappa shape index (κ1) is 29.6. The molecule has 0 aliphatic carbocycles. The number of furan rings is 1. The molecule has 8 aromatic carbocycles. The van der Waals surface area contributed by atoms with Crippen molar-refractivity contribution < 1.29 is 4.42 Å². The molecule has 3 nitrogen and oxygen atoms in total. The summed E-state index contributed by atoms with van der Waals surface area (Å²) in [4.78, 5) is 10.6. The monoisotopic (exact) mass is 654 g/mol. The molecule has 0 saturated carbocycles. The van der Waals surface area contributed by atoms with Gasteiger partial charge in [0, 0.05) is 27.6 Å². The lowest BCUT2D eigenvalue weighted by Crippen LogP contribution is -2.28. The molecule has 1 aliphatic heterocycles. The van der Waals surface area contributed by atoms with E-state index in [0.717, 1.165) is 45.8 Å². The fourth-order valence-corrected chi connectivity index (χ4v) is 8.29. The Hall–Kier alpha value is -6.32. The van der Waals surface area contributed by atoms with Crippen LogP contribution >= 0.6 is 0 Å². The first-order valence-electron chi connectivity index (χ1n) is 17.8. The van der Waals surface area contributed by atoms with Crippen molar-refractivity contribution in [1.29, 1.82) is 0 Å². The Morgan fingerprint density at radius 2 is 1.08 bits per heavy atom. The van der Waals surface area contributed by atoms with Gasteiger partial charge in [-0.15, -0.1) is 0 Å². The minimum atomic E-state index is -0.0137. The van der Waals surface area contributed by atoms with E-state index >= 15 is 0 Å². The molecule has 1 aromatic heterocycles. The van der Waals surface area contributed by atoms with E-state index in [9.17, 15) is 0 Å². The van der Waals surface area contributed by atoms with Gasteiger partial charge in [-0.25, -0.2) is 4.99 Å². The lowest BCUT2D eigenvalue weighted by Gasteiger charge is -2.30. The summed E-state index contributed by atoms with van der Waals surface area (Å²) < 4.78 is 6.41. The van der Waals surface area contributed by atoms with Crippen LogP contribution in [0.3, 0.4) is 0 Å². The number of aliphatic imine (C=N–C) groups is 2. The van der Waals surface area contributed by atoms with Crippen LogP contribution < -0.4 is 0 Å². The average molecular weight is 655 g/mol. The van der Waals surface area contributed by atoms with Gasteiger partial charge < -0.3 is 4.42 Å². The van der Waals surface area contributed by atoms with Gasteiger partial charge in [0.1, 0.15) is 11.2 Å². The third-order valence-electron chi connectivity index (χ3n) is 10.6. The van der Waals surface area contributed by atoms with Crippen LogP contribution in [0, 0.1) is 5.92 Å². The van der Waals surface area contributed by atoms with Crippen LogP contribution in [0.1, 0.15) is 36.1 Å². The third kappa shape index (κ3) is 4.80. The number of rotatable bonds is 6. The van der Waals surface area contributed by atoms with Gasteiger partial charge in [0.25, 0.3) is 0 Å². The lowest BCUT2D eigenvalue weighted by atomic mass is 9.82. The van der Waals surface area contributed by atoms with Crippen molar-refractivity contribution in [3.8, 4) is 22.3 Å². The highest BCUT2D eigenvalue weighted by molar-refractivity contribution is 6.35. The summed E-state index contributed by atoms with van der Waals surface area (Å²) in [5.74, 6) is 0.937. The zero-order chi connectivity index (χ0) is 33.9. The maximum atomic E-state index is 6.41. The summed E-state index contributed by atoms with van der Waals surface area (Å²) >= 11 is 0. The van der Waals surface area contributed by atoms with Crippen molar-refractivity contribution in [2.24, 2.45) is 15.9 Å². The van der Waals surface area contributed by atoms with Crippen LogP contribution in [-0.4, -0.2) is 11.5 Å². The third-order valence-corrected chi connectivity index (χ3v) is 10.6. The molecule has 0 amide bonds. The number of benzene rings is 8. The fraction of sp³-hybridized carbons (Fsp3) is 0.0833. The van der Waals surface area contributed by atoms with E-state index in [1.807, 2.05) is 6.07 Å². The molecule has 3 heteroatoms. The first-order chi connectivity index (χ1) is 25.2. The number of nitrogens with zero attached hydrogens (tertiary/aromatic N) is 2. The topological polar surface area (TPSA) is 37.9 Å². The molecular weight excluding hydrogens is 621 g/mol. The zero-order valence-corrected chi connectivity index (χ0v) is 28.3. The second-order valence-corrected chi connectivity index (χ2v) is 13.5. The van der Waals surface area contributed by atoms with Crippen molar-refractivity contribution in [3.05, 3.63) is 180 Å². The molecule has 0 fully saturated rings. The maximum Gasteiger partial charge on any atom is 0.155 e. The van der Waals surface area contributed by atoms with Crippen LogP contribution in [0.5, 0.6) is 0 Å². The smallest absolute Gasteiger partial charge is 0.155 e. The maximum absolute atomic E-state index is 6.41. The summed E-state index contributed by atoms with van der Waals surface area (Å²) in [7, 11) is 0. The van der Waals surface area contributed by atoms with Gasteiger partial charge in [0.05, 0.1) is 11.8 Å². The van der Waals surface area contributed by atoms with Crippen molar-refractivity contribution in [3.63, 3.8) is 0 Å². The van der Waals surface area contributed by atoms with Gasteiger partial charge in [-0.05, 0) is 80.2 Å². The highest BCUT2D eigenvalue weighted by atomic mass is 16.3. The molecule has 242 valence electrons. The Morgan fingerprint density at radius 1 is 0.490 bits per heavy atom. The molecule has 2 heterocycles. The van der Waals surface area contributed by atoms with E-state index in [1.165, 1.54) is 54.6 Å². The number of fused-ring (bicyclic) bond motifs is 3. The Labute approximate surface area is 296 Å². The SMILES string of the molecule is CCC1C(c2cccc(-c3cccc(-c4ccc5oc6cccc7c8ccccc8c4c5c67)c3)c2)=NC(c2ccccc2)=NC1c1ccccc1. The molecule has 9 aromatic rings. The molecule has 0 spiro atoms. The number of hydrogen-bond donors (Lipinski definition) is 0. The first-order valence-corrected chi connectivity index (χ1v) is 17.8. The highest BCUT2D eigenvalue weighted by Gasteiger charge is 2.32.